The minimum Gasteiger partial charge on any atom is -0.293 e. The number of hydrogen-bond donors (Lipinski definition) is 0. The molecule has 4 nitrogen and oxygen atoms in total. The van der Waals surface area contributed by atoms with E-state index in [9.17, 15) is 0 Å². The molecule has 2 aromatic heterocycles. The van der Waals surface area contributed by atoms with E-state index in [2.05, 4.69) is 55.1 Å². The van der Waals surface area contributed by atoms with Gasteiger partial charge in [-0.2, -0.15) is 0 Å². The molecule has 0 aliphatic carbocycles. The maximum atomic E-state index is 4.86. The van der Waals surface area contributed by atoms with Crippen molar-refractivity contribution in [2.75, 3.05) is 13.1 Å². The van der Waals surface area contributed by atoms with E-state index in [1.165, 1.54) is 43.5 Å². The van der Waals surface area contributed by atoms with Crippen LogP contribution in [0.1, 0.15) is 41.2 Å². The van der Waals surface area contributed by atoms with Crippen LogP contribution in [0.5, 0.6) is 0 Å². The number of rotatable bonds is 3. The predicted octanol–water partition coefficient (Wildman–Crippen LogP) is 4.99. The lowest BCUT2D eigenvalue weighted by Gasteiger charge is -2.28. The minimum absolute atomic E-state index is 0.856. The van der Waals surface area contributed by atoms with Crippen LogP contribution >= 0.6 is 27.3 Å². The van der Waals surface area contributed by atoms with E-state index >= 15 is 0 Å². The number of benzene rings is 1. The molecule has 0 N–H and O–H groups in total. The van der Waals surface area contributed by atoms with Crippen LogP contribution in [0.2, 0.25) is 0 Å². The van der Waals surface area contributed by atoms with E-state index in [4.69, 9.17) is 4.98 Å². The number of fused-ring (bicyclic) bond motifs is 2. The summed E-state index contributed by atoms with van der Waals surface area (Å²) in [6.07, 6.45) is 6.43. The fraction of sp³-hybridized carbons (Fsp3) is 0.381. The van der Waals surface area contributed by atoms with Crippen molar-refractivity contribution in [1.29, 1.82) is 0 Å². The second-order valence-corrected chi connectivity index (χ2v) is 9.18. The molecule has 0 spiro atoms. The van der Waals surface area contributed by atoms with E-state index in [1.807, 2.05) is 17.5 Å². The Morgan fingerprint density at radius 3 is 2.93 bits per heavy atom. The van der Waals surface area contributed by atoms with Crippen molar-refractivity contribution in [3.63, 3.8) is 0 Å². The van der Waals surface area contributed by atoms with Crippen LogP contribution in [0.25, 0.3) is 10.1 Å². The normalized spacial score (nSPS) is 17.7. The van der Waals surface area contributed by atoms with Gasteiger partial charge in [-0.25, -0.2) is 9.97 Å². The molecule has 138 valence electrons. The Labute approximate surface area is 171 Å². The van der Waals surface area contributed by atoms with Crippen molar-refractivity contribution in [2.24, 2.45) is 4.99 Å². The average molecular weight is 441 g/mol. The van der Waals surface area contributed by atoms with Gasteiger partial charge in [-0.1, -0.05) is 18.2 Å². The smallest absolute Gasteiger partial charge is 0.173 e. The Kier molecular flexibility index (Phi) is 4.80. The summed E-state index contributed by atoms with van der Waals surface area (Å²) < 4.78 is 2.59. The Morgan fingerprint density at radius 2 is 2.07 bits per heavy atom. The van der Waals surface area contributed by atoms with Crippen molar-refractivity contribution < 1.29 is 0 Å². The molecule has 0 unspecified atom stereocenters. The maximum absolute atomic E-state index is 4.86. The van der Waals surface area contributed by atoms with Gasteiger partial charge in [-0.15, -0.1) is 11.3 Å². The Bertz CT molecular complexity index is 1030. The lowest BCUT2D eigenvalue weighted by atomic mass is 10.1. The molecule has 3 aromatic rings. The molecule has 1 aromatic carbocycles. The molecule has 0 bridgehead atoms. The van der Waals surface area contributed by atoms with Gasteiger partial charge >= 0.3 is 0 Å². The average Bonchev–Trinajstić information content (AvgIpc) is 3.04. The quantitative estimate of drug-likeness (QED) is 0.576. The highest BCUT2D eigenvalue weighted by molar-refractivity contribution is 9.10. The van der Waals surface area contributed by atoms with Crippen molar-refractivity contribution in [1.82, 2.24) is 14.9 Å². The highest BCUT2D eigenvalue weighted by Crippen LogP contribution is 2.36. The molecular weight excluding hydrogens is 420 g/mol. The molecule has 0 fully saturated rings. The molecule has 2 aliphatic heterocycles. The lowest BCUT2D eigenvalue weighted by Crippen LogP contribution is -2.31. The van der Waals surface area contributed by atoms with E-state index in [-0.39, 0.29) is 0 Å². The van der Waals surface area contributed by atoms with E-state index in [0.717, 1.165) is 50.6 Å². The van der Waals surface area contributed by atoms with Gasteiger partial charge in [0.25, 0.3) is 0 Å². The Balaban J connectivity index is 1.35. The Morgan fingerprint density at radius 1 is 1.15 bits per heavy atom. The summed E-state index contributed by atoms with van der Waals surface area (Å²) in [5.41, 5.74) is 3.57. The minimum atomic E-state index is 0.856. The van der Waals surface area contributed by atoms with E-state index in [0.29, 0.717) is 0 Å². The van der Waals surface area contributed by atoms with Crippen molar-refractivity contribution >= 4 is 43.1 Å². The van der Waals surface area contributed by atoms with Gasteiger partial charge in [-0.3, -0.25) is 9.89 Å². The van der Waals surface area contributed by atoms with Crippen molar-refractivity contribution in [2.45, 2.75) is 38.8 Å². The summed E-state index contributed by atoms with van der Waals surface area (Å²) in [4.78, 5) is 18.0. The fourth-order valence-corrected chi connectivity index (χ4v) is 5.88. The molecule has 0 amide bonds. The van der Waals surface area contributed by atoms with Crippen molar-refractivity contribution in [3.05, 3.63) is 56.9 Å². The standard InChI is InChI=1S/C21H21BrN4S/c22-20-15-5-1-2-7-18(15)27-19(20)13-26-10-8-16-14(12-26)11-24-21(25-16)17-6-3-4-9-23-17/h1-2,5,7,11H,3-4,6,8-10,12-13H2. The van der Waals surface area contributed by atoms with Gasteiger partial charge in [0, 0.05) is 63.8 Å². The number of hydrogen-bond acceptors (Lipinski definition) is 5. The summed E-state index contributed by atoms with van der Waals surface area (Å²) in [6.45, 7) is 3.85. The van der Waals surface area contributed by atoms with Gasteiger partial charge in [0.05, 0.1) is 11.4 Å². The highest BCUT2D eigenvalue weighted by Gasteiger charge is 2.22. The molecule has 0 radical (unpaired) electrons. The summed E-state index contributed by atoms with van der Waals surface area (Å²) >= 11 is 5.69. The van der Waals surface area contributed by atoms with Gasteiger partial charge in [-0.05, 0) is 41.3 Å². The molecule has 27 heavy (non-hydrogen) atoms. The molecule has 0 saturated heterocycles. The molecule has 2 aliphatic rings. The zero-order valence-electron chi connectivity index (χ0n) is 15.1. The first-order valence-corrected chi connectivity index (χ1v) is 11.2. The van der Waals surface area contributed by atoms with Gasteiger partial charge in [0.2, 0.25) is 0 Å². The van der Waals surface area contributed by atoms with Crippen LogP contribution in [0.3, 0.4) is 0 Å². The van der Waals surface area contributed by atoms with Crippen LogP contribution in [0.15, 0.2) is 39.9 Å². The summed E-state index contributed by atoms with van der Waals surface area (Å²) in [5.74, 6) is 0.856. The van der Waals surface area contributed by atoms with Gasteiger partial charge in [0.1, 0.15) is 0 Å². The van der Waals surface area contributed by atoms with E-state index < -0.39 is 0 Å². The summed E-state index contributed by atoms with van der Waals surface area (Å²) in [5, 5.41) is 1.32. The number of aromatic nitrogens is 2. The number of halogens is 1. The van der Waals surface area contributed by atoms with Gasteiger partial charge in [0.15, 0.2) is 5.82 Å². The van der Waals surface area contributed by atoms with Gasteiger partial charge < -0.3 is 0 Å². The van der Waals surface area contributed by atoms with Crippen LogP contribution in [0, 0.1) is 0 Å². The SMILES string of the molecule is Brc1c(CN2CCc3nc(C4=NCCCC4)ncc3C2)sc2ccccc12. The zero-order chi connectivity index (χ0) is 18.2. The number of thiophene rings is 1. The Hall–Kier alpha value is -1.63. The monoisotopic (exact) mass is 440 g/mol. The van der Waals surface area contributed by atoms with Crippen molar-refractivity contribution in [3.8, 4) is 0 Å². The van der Waals surface area contributed by atoms with Crippen LogP contribution in [0.4, 0.5) is 0 Å². The first-order valence-electron chi connectivity index (χ1n) is 9.55. The van der Waals surface area contributed by atoms with Crippen LogP contribution in [-0.4, -0.2) is 33.7 Å². The van der Waals surface area contributed by atoms with Crippen LogP contribution in [-0.2, 0) is 19.5 Å². The predicted molar refractivity (Wildman–Crippen MR) is 115 cm³/mol. The third kappa shape index (κ3) is 3.46. The fourth-order valence-electron chi connectivity index (χ4n) is 3.90. The number of nitrogens with zero attached hydrogens (tertiary/aromatic N) is 4. The second-order valence-electron chi connectivity index (χ2n) is 7.25. The number of aliphatic imine (C=N–C) groups is 1. The highest BCUT2D eigenvalue weighted by atomic mass is 79.9. The lowest BCUT2D eigenvalue weighted by molar-refractivity contribution is 0.244. The third-order valence-electron chi connectivity index (χ3n) is 5.36. The first-order chi connectivity index (χ1) is 13.3. The molecule has 5 rings (SSSR count). The summed E-state index contributed by atoms with van der Waals surface area (Å²) in [7, 11) is 0. The maximum Gasteiger partial charge on any atom is 0.173 e. The molecule has 4 heterocycles. The van der Waals surface area contributed by atoms with E-state index in [1.54, 1.807) is 0 Å². The molecular formula is C21H21BrN4S. The summed E-state index contributed by atoms with van der Waals surface area (Å²) in [6, 6.07) is 8.60. The molecule has 0 saturated carbocycles. The third-order valence-corrected chi connectivity index (χ3v) is 7.69. The zero-order valence-corrected chi connectivity index (χ0v) is 17.5. The van der Waals surface area contributed by atoms with Crippen LogP contribution < -0.4 is 0 Å². The largest absolute Gasteiger partial charge is 0.293 e. The first kappa shape index (κ1) is 17.5. The molecule has 0 atom stereocenters. The second kappa shape index (κ2) is 7.41. The topological polar surface area (TPSA) is 41.4 Å². The molecule has 6 heteroatoms.